The molecule has 0 atom stereocenters. The van der Waals surface area contributed by atoms with Crippen molar-refractivity contribution < 1.29 is 0 Å². The van der Waals surface area contributed by atoms with Crippen LogP contribution in [0.15, 0.2) is 0 Å². The van der Waals surface area contributed by atoms with E-state index in [1.807, 2.05) is 6.92 Å². The number of guanidine groups is 1. The van der Waals surface area contributed by atoms with Crippen LogP contribution in [0.5, 0.6) is 0 Å². The molecular weight excluding hydrogens is 128 g/mol. The Morgan fingerprint density at radius 1 is 1.40 bits per heavy atom. The van der Waals surface area contributed by atoms with Crippen LogP contribution in [0.25, 0.3) is 0 Å². The molecule has 0 saturated carbocycles. The predicted octanol–water partition coefficient (Wildman–Crippen LogP) is 0.508. The van der Waals surface area contributed by atoms with E-state index in [0.717, 1.165) is 13.0 Å². The van der Waals surface area contributed by atoms with E-state index < -0.39 is 0 Å². The second kappa shape index (κ2) is 4.78. The van der Waals surface area contributed by atoms with Crippen molar-refractivity contribution in [1.29, 1.82) is 10.8 Å². The summed E-state index contributed by atoms with van der Waals surface area (Å²) in [7, 11) is 0. The first-order valence-electron chi connectivity index (χ1n) is 3.31. The van der Waals surface area contributed by atoms with Crippen LogP contribution in [0, 0.1) is 10.8 Å². The maximum atomic E-state index is 7.16. The summed E-state index contributed by atoms with van der Waals surface area (Å²) in [4.78, 5) is 0. The lowest BCUT2D eigenvalue weighted by atomic mass is 10.5. The van der Waals surface area contributed by atoms with Crippen molar-refractivity contribution in [2.75, 3.05) is 6.54 Å². The third-order valence-electron chi connectivity index (χ3n) is 0.864. The van der Waals surface area contributed by atoms with Crippen LogP contribution >= 0.6 is 0 Å². The highest BCUT2D eigenvalue weighted by Gasteiger charge is 1.91. The molecule has 0 radical (unpaired) electrons. The molecule has 58 valence electrons. The summed E-state index contributed by atoms with van der Waals surface area (Å²) >= 11 is 0. The van der Waals surface area contributed by atoms with Crippen molar-refractivity contribution in [2.45, 2.75) is 20.3 Å². The van der Waals surface area contributed by atoms with E-state index in [2.05, 4.69) is 10.6 Å². The fourth-order valence-corrected chi connectivity index (χ4v) is 0.482. The number of rotatable bonds is 2. The third kappa shape index (κ3) is 5.08. The molecule has 0 heterocycles. The van der Waals surface area contributed by atoms with Gasteiger partial charge < -0.3 is 10.6 Å². The molecule has 0 amide bonds. The van der Waals surface area contributed by atoms with Gasteiger partial charge in [-0.2, -0.15) is 0 Å². The summed E-state index contributed by atoms with van der Waals surface area (Å²) in [6, 6.07) is 0. The average Bonchev–Trinajstić information content (AvgIpc) is 1.82. The molecule has 0 aliphatic carbocycles. The first kappa shape index (κ1) is 8.94. The van der Waals surface area contributed by atoms with Gasteiger partial charge in [0, 0.05) is 6.54 Å². The molecule has 4 heteroatoms. The zero-order valence-corrected chi connectivity index (χ0v) is 6.41. The quantitative estimate of drug-likeness (QED) is 0.335. The largest absolute Gasteiger partial charge is 0.356 e. The molecule has 0 rings (SSSR count). The highest BCUT2D eigenvalue weighted by atomic mass is 15.1. The maximum absolute atomic E-state index is 7.16. The van der Waals surface area contributed by atoms with Crippen molar-refractivity contribution >= 4 is 11.8 Å². The third-order valence-corrected chi connectivity index (χ3v) is 0.864. The Labute approximate surface area is 61.0 Å². The molecule has 0 aromatic carbocycles. The van der Waals surface area contributed by atoms with E-state index in [0.29, 0.717) is 0 Å². The molecule has 10 heavy (non-hydrogen) atoms. The second-order valence-corrected chi connectivity index (χ2v) is 2.05. The molecule has 0 aromatic heterocycles. The molecule has 0 unspecified atom stereocenters. The molecule has 4 nitrogen and oxygen atoms in total. The first-order valence-corrected chi connectivity index (χ1v) is 3.31. The minimum Gasteiger partial charge on any atom is -0.356 e. The van der Waals surface area contributed by atoms with Gasteiger partial charge in [-0.1, -0.05) is 6.92 Å². The predicted molar refractivity (Wildman–Crippen MR) is 42.6 cm³/mol. The lowest BCUT2D eigenvalue weighted by Crippen LogP contribution is -2.38. The maximum Gasteiger partial charge on any atom is 0.193 e. The van der Waals surface area contributed by atoms with Gasteiger partial charge in [-0.25, -0.2) is 0 Å². The van der Waals surface area contributed by atoms with Gasteiger partial charge in [0.05, 0.1) is 5.84 Å². The molecule has 0 spiro atoms. The average molecular weight is 142 g/mol. The van der Waals surface area contributed by atoms with E-state index in [9.17, 15) is 0 Å². The minimum atomic E-state index is 0.203. The fourth-order valence-electron chi connectivity index (χ4n) is 0.482. The topological polar surface area (TPSA) is 71.8 Å². The van der Waals surface area contributed by atoms with Crippen molar-refractivity contribution in [3.05, 3.63) is 0 Å². The molecule has 4 N–H and O–H groups in total. The summed E-state index contributed by atoms with van der Waals surface area (Å²) in [5.41, 5.74) is 0. The molecule has 0 bridgehead atoms. The Kier molecular flexibility index (Phi) is 4.28. The summed E-state index contributed by atoms with van der Waals surface area (Å²) in [5.74, 6) is 0.489. The Morgan fingerprint density at radius 2 is 2.00 bits per heavy atom. The highest BCUT2D eigenvalue weighted by molar-refractivity contribution is 5.95. The van der Waals surface area contributed by atoms with E-state index in [4.69, 9.17) is 10.8 Å². The Bertz CT molecular complexity index is 130. The van der Waals surface area contributed by atoms with Gasteiger partial charge in [0.15, 0.2) is 5.96 Å². The van der Waals surface area contributed by atoms with Crippen LogP contribution in [0.1, 0.15) is 20.3 Å². The molecule has 0 aliphatic heterocycles. The molecule has 0 fully saturated rings. The lowest BCUT2D eigenvalue weighted by molar-refractivity contribution is 0.819. The van der Waals surface area contributed by atoms with Crippen LogP contribution in [0.4, 0.5) is 0 Å². The smallest absolute Gasteiger partial charge is 0.193 e. The summed E-state index contributed by atoms with van der Waals surface area (Å²) in [6.07, 6.45) is 0.987. The van der Waals surface area contributed by atoms with Gasteiger partial charge in [-0.3, -0.25) is 10.8 Å². The van der Waals surface area contributed by atoms with Crippen LogP contribution < -0.4 is 10.6 Å². The SMILES string of the molecule is CCCNC(=N)NC(C)=N. The molecule has 0 saturated heterocycles. The van der Waals surface area contributed by atoms with Gasteiger partial charge in [-0.05, 0) is 13.3 Å². The highest BCUT2D eigenvalue weighted by Crippen LogP contribution is 1.69. The molecule has 0 aliphatic rings. The minimum absolute atomic E-state index is 0.203. The molecule has 0 aromatic rings. The number of hydrogen-bond acceptors (Lipinski definition) is 2. The lowest BCUT2D eigenvalue weighted by Gasteiger charge is -2.06. The zero-order valence-electron chi connectivity index (χ0n) is 6.41. The van der Waals surface area contributed by atoms with Crippen LogP contribution in [0.2, 0.25) is 0 Å². The summed E-state index contributed by atoms with van der Waals surface area (Å²) < 4.78 is 0. The van der Waals surface area contributed by atoms with Crippen LogP contribution in [-0.2, 0) is 0 Å². The van der Waals surface area contributed by atoms with Crippen molar-refractivity contribution in [3.8, 4) is 0 Å². The number of amidine groups is 1. The van der Waals surface area contributed by atoms with Gasteiger partial charge in [-0.15, -0.1) is 0 Å². The monoisotopic (exact) mass is 142 g/mol. The van der Waals surface area contributed by atoms with Crippen LogP contribution in [0.3, 0.4) is 0 Å². The second-order valence-electron chi connectivity index (χ2n) is 2.05. The van der Waals surface area contributed by atoms with Crippen molar-refractivity contribution in [2.24, 2.45) is 0 Å². The van der Waals surface area contributed by atoms with Gasteiger partial charge in [0.1, 0.15) is 0 Å². The van der Waals surface area contributed by atoms with Crippen molar-refractivity contribution in [1.82, 2.24) is 10.6 Å². The van der Waals surface area contributed by atoms with Gasteiger partial charge in [0.2, 0.25) is 0 Å². The van der Waals surface area contributed by atoms with Gasteiger partial charge >= 0.3 is 0 Å². The number of nitrogens with one attached hydrogen (secondary N) is 4. The van der Waals surface area contributed by atoms with E-state index in [1.165, 1.54) is 0 Å². The fraction of sp³-hybridized carbons (Fsp3) is 0.667. The Morgan fingerprint density at radius 3 is 2.40 bits per heavy atom. The van der Waals surface area contributed by atoms with E-state index in [1.54, 1.807) is 6.92 Å². The zero-order chi connectivity index (χ0) is 7.98. The van der Waals surface area contributed by atoms with Crippen LogP contribution in [-0.4, -0.2) is 18.3 Å². The van der Waals surface area contributed by atoms with E-state index in [-0.39, 0.29) is 11.8 Å². The first-order chi connectivity index (χ1) is 4.66. The summed E-state index contributed by atoms with van der Waals surface area (Å²) in [5, 5.41) is 19.5. The van der Waals surface area contributed by atoms with Gasteiger partial charge in [0.25, 0.3) is 0 Å². The Hall–Kier alpha value is -1.06. The number of hydrogen-bond donors (Lipinski definition) is 4. The molecular formula is C6H14N4. The standard InChI is InChI=1S/C6H14N4/c1-3-4-9-6(8)10-5(2)7/h3-4H2,1-2H3,(H4,7,8,9,10). The van der Waals surface area contributed by atoms with Crippen molar-refractivity contribution in [3.63, 3.8) is 0 Å². The summed E-state index contributed by atoms with van der Waals surface area (Å²) in [6.45, 7) is 4.40. The normalized spacial score (nSPS) is 8.60. The Balaban J connectivity index is 3.35. The van der Waals surface area contributed by atoms with E-state index >= 15 is 0 Å².